The fourth-order valence-electron chi connectivity index (χ4n) is 3.07. The van der Waals surface area contributed by atoms with Crippen molar-refractivity contribution in [1.82, 2.24) is 0 Å². The molecule has 0 unspecified atom stereocenters. The first-order valence-corrected chi connectivity index (χ1v) is 5.82. The Kier molecular flexibility index (Phi) is 2.65. The van der Waals surface area contributed by atoms with Crippen LogP contribution in [0.2, 0.25) is 0 Å². The average Bonchev–Trinajstić information content (AvgIpc) is 2.16. The summed E-state index contributed by atoms with van der Waals surface area (Å²) in [7, 11) is 0. The molecule has 2 rings (SSSR count). The van der Waals surface area contributed by atoms with Crippen molar-refractivity contribution in [3.63, 3.8) is 0 Å². The molecule has 3 atom stereocenters. The van der Waals surface area contributed by atoms with Crippen LogP contribution in [0.1, 0.15) is 46.0 Å². The second-order valence-corrected chi connectivity index (χ2v) is 5.06. The summed E-state index contributed by atoms with van der Waals surface area (Å²) in [5, 5.41) is 0. The van der Waals surface area contributed by atoms with Crippen LogP contribution in [-0.2, 0) is 9.53 Å². The number of carbonyl (C=O) groups excluding carboxylic acids is 1. The van der Waals surface area contributed by atoms with Crippen LogP contribution in [0.15, 0.2) is 0 Å². The molecule has 2 fully saturated rings. The summed E-state index contributed by atoms with van der Waals surface area (Å²) in [6.45, 7) is 5.13. The third-order valence-electron chi connectivity index (χ3n) is 3.86. The van der Waals surface area contributed by atoms with Gasteiger partial charge in [0.1, 0.15) is 5.60 Å². The first-order chi connectivity index (χ1) is 6.65. The molecule has 2 nitrogen and oxygen atoms in total. The number of hydrogen-bond acceptors (Lipinski definition) is 2. The summed E-state index contributed by atoms with van der Waals surface area (Å²) in [5.41, 5.74) is -0.384. The maximum atomic E-state index is 12.1. The van der Waals surface area contributed by atoms with Crippen molar-refractivity contribution in [2.45, 2.75) is 51.6 Å². The molecule has 1 aliphatic heterocycles. The van der Waals surface area contributed by atoms with Crippen molar-refractivity contribution in [3.8, 4) is 0 Å². The van der Waals surface area contributed by atoms with Crippen molar-refractivity contribution in [2.24, 2.45) is 11.8 Å². The average molecular weight is 196 g/mol. The van der Waals surface area contributed by atoms with Crippen LogP contribution in [0.3, 0.4) is 0 Å². The van der Waals surface area contributed by atoms with E-state index in [9.17, 15) is 4.79 Å². The molecule has 1 saturated heterocycles. The number of hydrogen-bond donors (Lipinski definition) is 0. The molecule has 0 aromatic carbocycles. The van der Waals surface area contributed by atoms with E-state index in [4.69, 9.17) is 4.74 Å². The maximum absolute atomic E-state index is 12.1. The van der Waals surface area contributed by atoms with Crippen molar-refractivity contribution >= 4 is 5.78 Å². The molecule has 2 heteroatoms. The minimum absolute atomic E-state index is 0.364. The standard InChI is InChI=1S/C12H20O2/c1-9-7-10(2)12(11(13)8-9)5-3-4-6-14-12/h9-10H,3-8H2,1-2H3/t9-,10-,12+/m0/s1. The van der Waals surface area contributed by atoms with E-state index in [-0.39, 0.29) is 5.60 Å². The van der Waals surface area contributed by atoms with E-state index in [1.165, 1.54) is 0 Å². The zero-order valence-corrected chi connectivity index (χ0v) is 9.21. The second kappa shape index (κ2) is 3.65. The van der Waals surface area contributed by atoms with Crippen LogP contribution in [0.5, 0.6) is 0 Å². The van der Waals surface area contributed by atoms with Gasteiger partial charge >= 0.3 is 0 Å². The highest BCUT2D eigenvalue weighted by Gasteiger charge is 2.48. The first kappa shape index (κ1) is 10.2. The zero-order chi connectivity index (χ0) is 10.2. The van der Waals surface area contributed by atoms with Gasteiger partial charge < -0.3 is 4.74 Å². The Balaban J connectivity index is 2.18. The number of rotatable bonds is 0. The van der Waals surface area contributed by atoms with Gasteiger partial charge in [-0.3, -0.25) is 4.79 Å². The van der Waals surface area contributed by atoms with Gasteiger partial charge in [0.05, 0.1) is 0 Å². The summed E-state index contributed by atoms with van der Waals surface area (Å²) >= 11 is 0. The van der Waals surface area contributed by atoms with E-state index in [2.05, 4.69) is 13.8 Å². The predicted molar refractivity (Wildman–Crippen MR) is 55.1 cm³/mol. The first-order valence-electron chi connectivity index (χ1n) is 5.82. The molecule has 1 saturated carbocycles. The third kappa shape index (κ3) is 1.50. The fourth-order valence-corrected chi connectivity index (χ4v) is 3.07. The molecular formula is C12H20O2. The Bertz CT molecular complexity index is 228. The minimum atomic E-state index is -0.384. The van der Waals surface area contributed by atoms with Crippen molar-refractivity contribution in [3.05, 3.63) is 0 Å². The molecule has 1 aliphatic carbocycles. The van der Waals surface area contributed by atoms with Crippen LogP contribution in [-0.4, -0.2) is 18.0 Å². The summed E-state index contributed by atoms with van der Waals surface area (Å²) < 4.78 is 5.83. The smallest absolute Gasteiger partial charge is 0.165 e. The van der Waals surface area contributed by atoms with E-state index in [1.54, 1.807) is 0 Å². The Morgan fingerprint density at radius 1 is 1.36 bits per heavy atom. The number of Topliss-reactive ketones (excluding diaryl/α,β-unsaturated/α-hetero) is 1. The van der Waals surface area contributed by atoms with Crippen molar-refractivity contribution in [2.75, 3.05) is 6.61 Å². The highest BCUT2D eigenvalue weighted by molar-refractivity contribution is 5.88. The van der Waals surface area contributed by atoms with E-state index in [1.807, 2.05) is 0 Å². The van der Waals surface area contributed by atoms with E-state index in [0.717, 1.165) is 38.7 Å². The lowest BCUT2D eigenvalue weighted by Crippen LogP contribution is -2.53. The van der Waals surface area contributed by atoms with E-state index in [0.29, 0.717) is 17.6 Å². The number of ketones is 1. The van der Waals surface area contributed by atoms with Crippen LogP contribution >= 0.6 is 0 Å². The SMILES string of the molecule is C[C@@H]1CC(=O)[C@@]2(CCCCO2)[C@@H](C)C1. The largest absolute Gasteiger partial charge is 0.367 e. The van der Waals surface area contributed by atoms with Gasteiger partial charge in [0.15, 0.2) is 5.78 Å². The normalized spacial score (nSPS) is 44.3. The monoisotopic (exact) mass is 196 g/mol. The van der Waals surface area contributed by atoms with Crippen LogP contribution in [0.4, 0.5) is 0 Å². The minimum Gasteiger partial charge on any atom is -0.367 e. The molecule has 0 radical (unpaired) electrons. The Labute approximate surface area is 86.0 Å². The van der Waals surface area contributed by atoms with Crippen molar-refractivity contribution < 1.29 is 9.53 Å². The zero-order valence-electron chi connectivity index (χ0n) is 9.21. The number of carbonyl (C=O) groups is 1. The maximum Gasteiger partial charge on any atom is 0.165 e. The highest BCUT2D eigenvalue weighted by Crippen LogP contribution is 2.42. The molecule has 0 N–H and O–H groups in total. The van der Waals surface area contributed by atoms with Gasteiger partial charge in [-0.25, -0.2) is 0 Å². The molecule has 14 heavy (non-hydrogen) atoms. The quantitative estimate of drug-likeness (QED) is 0.595. The predicted octanol–water partition coefficient (Wildman–Crippen LogP) is 2.56. The van der Waals surface area contributed by atoms with Gasteiger partial charge in [-0.05, 0) is 37.5 Å². The molecule has 1 heterocycles. The summed E-state index contributed by atoms with van der Waals surface area (Å²) in [5.74, 6) is 1.33. The van der Waals surface area contributed by atoms with Gasteiger partial charge in [-0.2, -0.15) is 0 Å². The van der Waals surface area contributed by atoms with E-state index < -0.39 is 0 Å². The molecular weight excluding hydrogens is 176 g/mol. The lowest BCUT2D eigenvalue weighted by Gasteiger charge is -2.45. The highest BCUT2D eigenvalue weighted by atomic mass is 16.5. The van der Waals surface area contributed by atoms with Crippen molar-refractivity contribution in [1.29, 1.82) is 0 Å². The third-order valence-corrected chi connectivity index (χ3v) is 3.86. The molecule has 1 spiro atoms. The van der Waals surface area contributed by atoms with Gasteiger partial charge in [-0.15, -0.1) is 0 Å². The number of ether oxygens (including phenoxy) is 1. The lowest BCUT2D eigenvalue weighted by molar-refractivity contribution is -0.169. The lowest BCUT2D eigenvalue weighted by atomic mass is 9.68. The van der Waals surface area contributed by atoms with Crippen LogP contribution < -0.4 is 0 Å². The van der Waals surface area contributed by atoms with Crippen LogP contribution in [0, 0.1) is 11.8 Å². The Hall–Kier alpha value is -0.370. The molecule has 0 amide bonds. The molecule has 0 aromatic rings. The summed E-state index contributed by atoms with van der Waals surface area (Å²) in [6.07, 6.45) is 5.11. The Morgan fingerprint density at radius 3 is 2.71 bits per heavy atom. The van der Waals surface area contributed by atoms with E-state index >= 15 is 0 Å². The van der Waals surface area contributed by atoms with Gasteiger partial charge in [0, 0.05) is 13.0 Å². The fraction of sp³-hybridized carbons (Fsp3) is 0.917. The molecule has 80 valence electrons. The Morgan fingerprint density at radius 2 is 2.14 bits per heavy atom. The topological polar surface area (TPSA) is 26.3 Å². The van der Waals surface area contributed by atoms with Gasteiger partial charge in [0.25, 0.3) is 0 Å². The summed E-state index contributed by atoms with van der Waals surface area (Å²) in [4.78, 5) is 12.1. The molecule has 2 aliphatic rings. The van der Waals surface area contributed by atoms with Gasteiger partial charge in [-0.1, -0.05) is 13.8 Å². The van der Waals surface area contributed by atoms with Gasteiger partial charge in [0.2, 0.25) is 0 Å². The molecule has 0 bridgehead atoms. The van der Waals surface area contributed by atoms with Crippen LogP contribution in [0.25, 0.3) is 0 Å². The second-order valence-electron chi connectivity index (χ2n) is 5.06. The summed E-state index contributed by atoms with van der Waals surface area (Å²) in [6, 6.07) is 0. The molecule has 0 aromatic heterocycles.